The highest BCUT2D eigenvalue weighted by molar-refractivity contribution is 6.36. The minimum atomic E-state index is -0.703. The molecule has 2 rings (SSSR count). The Morgan fingerprint density at radius 2 is 1.74 bits per heavy atom. The van der Waals surface area contributed by atoms with Crippen LogP contribution in [-0.2, 0) is 11.2 Å². The summed E-state index contributed by atoms with van der Waals surface area (Å²) in [6, 6.07) is 13.6. The number of benzene rings is 2. The van der Waals surface area contributed by atoms with E-state index in [1.54, 1.807) is 12.1 Å². The molecule has 2 N–H and O–H groups in total. The highest BCUT2D eigenvalue weighted by Gasteiger charge is 2.24. The van der Waals surface area contributed by atoms with Crippen molar-refractivity contribution < 1.29 is 9.59 Å². The first kappa shape index (κ1) is 21.3. The van der Waals surface area contributed by atoms with Crippen LogP contribution in [0.25, 0.3) is 0 Å². The summed E-state index contributed by atoms with van der Waals surface area (Å²) in [6.45, 7) is 4.02. The van der Waals surface area contributed by atoms with E-state index in [1.165, 1.54) is 6.07 Å². The molecule has 0 saturated heterocycles. The topological polar surface area (TPSA) is 58.2 Å². The van der Waals surface area contributed by atoms with E-state index in [9.17, 15) is 9.59 Å². The second-order valence-corrected chi connectivity index (χ2v) is 7.38. The Kier molecular flexibility index (Phi) is 8.14. The first-order chi connectivity index (χ1) is 12.9. The molecule has 27 heavy (non-hydrogen) atoms. The van der Waals surface area contributed by atoms with Crippen LogP contribution in [-0.4, -0.2) is 23.9 Å². The summed E-state index contributed by atoms with van der Waals surface area (Å²) >= 11 is 12.0. The van der Waals surface area contributed by atoms with E-state index in [-0.39, 0.29) is 22.5 Å². The first-order valence-corrected chi connectivity index (χ1v) is 9.76. The van der Waals surface area contributed by atoms with Gasteiger partial charge in [-0.1, -0.05) is 66.9 Å². The summed E-state index contributed by atoms with van der Waals surface area (Å²) in [5, 5.41) is 6.48. The fraction of sp³-hybridized carbons (Fsp3) is 0.333. The number of hydrogen-bond donors (Lipinski definition) is 2. The zero-order chi connectivity index (χ0) is 19.8. The monoisotopic (exact) mass is 406 g/mol. The molecule has 6 heteroatoms. The van der Waals surface area contributed by atoms with Crippen molar-refractivity contribution >= 4 is 35.0 Å². The second kappa shape index (κ2) is 10.3. The van der Waals surface area contributed by atoms with Crippen molar-refractivity contribution in [2.75, 3.05) is 0 Å². The number of halogens is 2. The molecule has 0 unspecified atom stereocenters. The number of nitrogens with one attached hydrogen (secondary N) is 2. The molecule has 2 atom stereocenters. The maximum atomic E-state index is 12.8. The third kappa shape index (κ3) is 6.56. The number of carbonyl (C=O) groups excluding carboxylic acids is 2. The van der Waals surface area contributed by atoms with Crippen LogP contribution < -0.4 is 10.6 Å². The lowest BCUT2D eigenvalue weighted by molar-refractivity contribution is -0.123. The van der Waals surface area contributed by atoms with Crippen LogP contribution in [0.1, 0.15) is 42.6 Å². The molecule has 0 saturated carbocycles. The molecular weight excluding hydrogens is 383 g/mol. The van der Waals surface area contributed by atoms with Crippen molar-refractivity contribution in [3.05, 3.63) is 69.7 Å². The fourth-order valence-corrected chi connectivity index (χ4v) is 3.31. The average Bonchev–Trinajstić information content (AvgIpc) is 2.62. The number of hydrogen-bond acceptors (Lipinski definition) is 2. The first-order valence-electron chi connectivity index (χ1n) is 9.01. The van der Waals surface area contributed by atoms with Gasteiger partial charge in [0.05, 0.1) is 10.6 Å². The van der Waals surface area contributed by atoms with E-state index >= 15 is 0 Å². The molecule has 0 fully saturated rings. The lowest BCUT2D eigenvalue weighted by atomic mass is 10.0. The molecule has 4 nitrogen and oxygen atoms in total. The number of amides is 2. The minimum absolute atomic E-state index is 0.0387. The zero-order valence-electron chi connectivity index (χ0n) is 15.5. The molecular formula is C21H24Cl2N2O2. The summed E-state index contributed by atoms with van der Waals surface area (Å²) in [7, 11) is 0. The Morgan fingerprint density at radius 3 is 2.37 bits per heavy atom. The van der Waals surface area contributed by atoms with Crippen molar-refractivity contribution in [1.82, 2.24) is 10.6 Å². The predicted molar refractivity (Wildman–Crippen MR) is 110 cm³/mol. The molecule has 0 aliphatic rings. The van der Waals surface area contributed by atoms with Crippen LogP contribution in [0.3, 0.4) is 0 Å². The van der Waals surface area contributed by atoms with E-state index in [0.29, 0.717) is 11.4 Å². The third-order valence-corrected chi connectivity index (χ3v) is 4.74. The van der Waals surface area contributed by atoms with Crippen LogP contribution in [0.15, 0.2) is 48.5 Å². The van der Waals surface area contributed by atoms with Crippen LogP contribution >= 0.6 is 23.2 Å². The van der Waals surface area contributed by atoms with E-state index in [1.807, 2.05) is 37.3 Å². The van der Waals surface area contributed by atoms with Gasteiger partial charge in [-0.05, 0) is 37.1 Å². The van der Waals surface area contributed by atoms with Gasteiger partial charge in [0.2, 0.25) is 5.91 Å². The molecule has 2 aromatic rings. The van der Waals surface area contributed by atoms with Crippen LogP contribution in [0.2, 0.25) is 10.0 Å². The summed E-state index contributed by atoms with van der Waals surface area (Å²) in [5.74, 6) is -0.617. The molecule has 0 radical (unpaired) electrons. The average molecular weight is 407 g/mol. The van der Waals surface area contributed by atoms with Crippen molar-refractivity contribution in [2.24, 2.45) is 0 Å². The van der Waals surface area contributed by atoms with Gasteiger partial charge in [-0.2, -0.15) is 0 Å². The molecule has 2 amide bonds. The quantitative estimate of drug-likeness (QED) is 0.670. The zero-order valence-corrected chi connectivity index (χ0v) is 17.0. The van der Waals surface area contributed by atoms with Gasteiger partial charge in [0.1, 0.15) is 6.04 Å². The van der Waals surface area contributed by atoms with Gasteiger partial charge in [-0.3, -0.25) is 9.59 Å². The maximum Gasteiger partial charge on any atom is 0.253 e. The lowest BCUT2D eigenvalue weighted by Gasteiger charge is -2.22. The molecule has 0 heterocycles. The smallest absolute Gasteiger partial charge is 0.253 e. The van der Waals surface area contributed by atoms with E-state index < -0.39 is 11.9 Å². The second-order valence-electron chi connectivity index (χ2n) is 6.54. The van der Waals surface area contributed by atoms with E-state index in [4.69, 9.17) is 23.2 Å². The van der Waals surface area contributed by atoms with Gasteiger partial charge in [-0.15, -0.1) is 0 Å². The largest absolute Gasteiger partial charge is 0.352 e. The molecule has 0 aliphatic heterocycles. The lowest BCUT2D eigenvalue weighted by Crippen LogP contribution is -2.50. The fourth-order valence-electron chi connectivity index (χ4n) is 2.82. The van der Waals surface area contributed by atoms with E-state index in [2.05, 4.69) is 17.6 Å². The van der Waals surface area contributed by atoms with Crippen molar-refractivity contribution in [2.45, 2.75) is 45.2 Å². The van der Waals surface area contributed by atoms with Crippen molar-refractivity contribution in [3.63, 3.8) is 0 Å². The molecule has 0 spiro atoms. The molecule has 0 aromatic heterocycles. The van der Waals surface area contributed by atoms with Gasteiger partial charge in [0.15, 0.2) is 0 Å². The molecule has 0 bridgehead atoms. The summed E-state index contributed by atoms with van der Waals surface area (Å²) in [4.78, 5) is 25.4. The van der Waals surface area contributed by atoms with Crippen LogP contribution in [0.4, 0.5) is 0 Å². The summed E-state index contributed by atoms with van der Waals surface area (Å²) in [6.07, 6.45) is 2.24. The highest BCUT2D eigenvalue weighted by atomic mass is 35.5. The van der Waals surface area contributed by atoms with Gasteiger partial charge < -0.3 is 10.6 Å². The van der Waals surface area contributed by atoms with Gasteiger partial charge in [0.25, 0.3) is 5.91 Å². The molecule has 0 aliphatic carbocycles. The standard InChI is InChI=1S/C21H24Cl2N2O2/c1-3-7-14(2)24-21(27)19(12-15-8-5-4-6-9-15)25-20(26)17-11-10-16(22)13-18(17)23/h4-6,8-11,13-14,19H,3,7,12H2,1-2H3,(H,24,27)(H,25,26)/t14-,19+/m1/s1. The van der Waals surface area contributed by atoms with Gasteiger partial charge in [-0.25, -0.2) is 0 Å². The van der Waals surface area contributed by atoms with Gasteiger partial charge in [0, 0.05) is 17.5 Å². The van der Waals surface area contributed by atoms with Crippen LogP contribution in [0.5, 0.6) is 0 Å². The molecule has 2 aromatic carbocycles. The Bertz CT molecular complexity index is 781. The SMILES string of the molecule is CCC[C@@H](C)NC(=O)[C@H](Cc1ccccc1)NC(=O)c1ccc(Cl)cc1Cl. The Balaban J connectivity index is 2.17. The molecule has 144 valence electrons. The highest BCUT2D eigenvalue weighted by Crippen LogP contribution is 2.21. The third-order valence-electron chi connectivity index (χ3n) is 4.19. The summed E-state index contributed by atoms with van der Waals surface area (Å²) < 4.78 is 0. The normalized spacial score (nSPS) is 12.9. The van der Waals surface area contributed by atoms with Gasteiger partial charge >= 0.3 is 0 Å². The Morgan fingerprint density at radius 1 is 1.04 bits per heavy atom. The summed E-state index contributed by atoms with van der Waals surface area (Å²) in [5.41, 5.74) is 1.25. The van der Waals surface area contributed by atoms with E-state index in [0.717, 1.165) is 18.4 Å². The predicted octanol–water partition coefficient (Wildman–Crippen LogP) is 4.64. The number of carbonyl (C=O) groups is 2. The van der Waals surface area contributed by atoms with Crippen molar-refractivity contribution in [1.29, 1.82) is 0 Å². The number of rotatable bonds is 8. The maximum absolute atomic E-state index is 12.8. The Hall–Kier alpha value is -2.04. The minimum Gasteiger partial charge on any atom is -0.352 e. The Labute approximate surface area is 170 Å². The van der Waals surface area contributed by atoms with Crippen LogP contribution in [0, 0.1) is 0 Å². The van der Waals surface area contributed by atoms with Crippen molar-refractivity contribution in [3.8, 4) is 0 Å².